The highest BCUT2D eigenvalue weighted by molar-refractivity contribution is 8.18. The van der Waals surface area contributed by atoms with Crippen LogP contribution in [0.3, 0.4) is 0 Å². The number of hydrogen-bond acceptors (Lipinski definition) is 7. The number of carbonyl (C=O) groups is 2. The summed E-state index contributed by atoms with van der Waals surface area (Å²) in [6, 6.07) is 15.8. The summed E-state index contributed by atoms with van der Waals surface area (Å²) in [5, 5.41) is -0.225. The third-order valence-corrected chi connectivity index (χ3v) is 7.37. The molecule has 0 N–H and O–H groups in total. The fourth-order valence-electron chi connectivity index (χ4n) is 3.23. The first kappa shape index (κ1) is 24.8. The van der Waals surface area contributed by atoms with Crippen LogP contribution in [0, 0.1) is 5.82 Å². The Balaban J connectivity index is 1.67. The molecule has 1 heterocycles. The van der Waals surface area contributed by atoms with Gasteiger partial charge in [0, 0.05) is 16.1 Å². The van der Waals surface area contributed by atoms with E-state index in [0.29, 0.717) is 16.8 Å². The first-order valence-corrected chi connectivity index (χ1v) is 12.7. The number of thioether (sulfide) groups is 1. The summed E-state index contributed by atoms with van der Waals surface area (Å²) in [6.45, 7) is -0.235. The summed E-state index contributed by atoms with van der Waals surface area (Å²) in [7, 11) is -2.94. The van der Waals surface area contributed by atoms with E-state index in [-0.39, 0.29) is 39.0 Å². The number of methoxy groups -OCH3 is 1. The van der Waals surface area contributed by atoms with Gasteiger partial charge in [-0.05, 0) is 54.2 Å². The van der Waals surface area contributed by atoms with E-state index in [0.717, 1.165) is 4.90 Å². The molecule has 1 fully saturated rings. The van der Waals surface area contributed by atoms with Gasteiger partial charge in [-0.1, -0.05) is 41.9 Å². The van der Waals surface area contributed by atoms with Crippen molar-refractivity contribution in [3.8, 4) is 11.5 Å². The van der Waals surface area contributed by atoms with Crippen LogP contribution in [0.25, 0.3) is 6.08 Å². The number of rotatable bonds is 7. The maximum absolute atomic E-state index is 14.0. The molecule has 3 aromatic carbocycles. The maximum atomic E-state index is 14.0. The minimum absolute atomic E-state index is 0.0216. The largest absolute Gasteiger partial charge is 0.493 e. The highest BCUT2D eigenvalue weighted by Gasteiger charge is 2.36. The quantitative estimate of drug-likeness (QED) is 0.293. The van der Waals surface area contributed by atoms with Gasteiger partial charge in [0.25, 0.3) is 11.1 Å². The molecule has 1 aliphatic rings. The monoisotopic (exact) mass is 533 g/mol. The van der Waals surface area contributed by atoms with Crippen molar-refractivity contribution in [1.82, 2.24) is 4.90 Å². The van der Waals surface area contributed by atoms with Crippen LogP contribution in [0.1, 0.15) is 11.1 Å². The van der Waals surface area contributed by atoms with Crippen molar-refractivity contribution >= 4 is 50.7 Å². The van der Waals surface area contributed by atoms with Gasteiger partial charge in [0.1, 0.15) is 10.7 Å². The molecule has 1 saturated heterocycles. The molecule has 7 nitrogen and oxygen atoms in total. The van der Waals surface area contributed by atoms with E-state index in [1.165, 1.54) is 67.8 Å². The van der Waals surface area contributed by atoms with E-state index in [9.17, 15) is 22.4 Å². The third kappa shape index (κ3) is 5.34. The Morgan fingerprint density at radius 3 is 2.43 bits per heavy atom. The Kier molecular flexibility index (Phi) is 7.15. The number of ether oxygens (including phenoxy) is 1. The van der Waals surface area contributed by atoms with Gasteiger partial charge in [-0.25, -0.2) is 4.39 Å². The molecule has 0 radical (unpaired) electrons. The predicted molar refractivity (Wildman–Crippen MR) is 130 cm³/mol. The van der Waals surface area contributed by atoms with Crippen molar-refractivity contribution in [2.75, 3.05) is 7.11 Å². The van der Waals surface area contributed by atoms with Crippen LogP contribution in [0.15, 0.2) is 76.5 Å². The van der Waals surface area contributed by atoms with Gasteiger partial charge < -0.3 is 8.92 Å². The van der Waals surface area contributed by atoms with Gasteiger partial charge in [-0.15, -0.1) is 0 Å². The first-order valence-electron chi connectivity index (χ1n) is 10.1. The molecule has 4 rings (SSSR count). The van der Waals surface area contributed by atoms with Crippen molar-refractivity contribution in [3.05, 3.63) is 93.6 Å². The Bertz CT molecular complexity index is 1440. The Hall–Kier alpha value is -3.34. The number of amides is 2. The normalized spacial score (nSPS) is 15.1. The highest BCUT2D eigenvalue weighted by atomic mass is 35.5. The van der Waals surface area contributed by atoms with Crippen LogP contribution in [-0.2, 0) is 21.5 Å². The van der Waals surface area contributed by atoms with Gasteiger partial charge in [-0.3, -0.25) is 14.5 Å². The lowest BCUT2D eigenvalue weighted by molar-refractivity contribution is -0.123. The molecule has 180 valence electrons. The number of para-hydroxylation sites is 1. The van der Waals surface area contributed by atoms with Gasteiger partial charge >= 0.3 is 10.1 Å². The van der Waals surface area contributed by atoms with Gasteiger partial charge in [0.2, 0.25) is 0 Å². The summed E-state index contributed by atoms with van der Waals surface area (Å²) < 4.78 is 50.4. The number of carbonyl (C=O) groups excluding carboxylic acids is 2. The molecular formula is C24H17ClFNO6S2. The zero-order valence-corrected chi connectivity index (χ0v) is 20.5. The number of nitrogens with zero attached hydrogens (tertiary/aromatic N) is 1. The Morgan fingerprint density at radius 2 is 1.74 bits per heavy atom. The van der Waals surface area contributed by atoms with Crippen molar-refractivity contribution in [1.29, 1.82) is 0 Å². The lowest BCUT2D eigenvalue weighted by Crippen LogP contribution is -2.27. The molecule has 0 aliphatic carbocycles. The minimum atomic E-state index is -4.28. The minimum Gasteiger partial charge on any atom is -0.493 e. The van der Waals surface area contributed by atoms with E-state index in [4.69, 9.17) is 20.5 Å². The third-order valence-electron chi connectivity index (χ3n) is 4.97. The molecule has 35 heavy (non-hydrogen) atoms. The second-order valence-electron chi connectivity index (χ2n) is 7.23. The van der Waals surface area contributed by atoms with Crippen LogP contribution in [0.4, 0.5) is 9.18 Å². The van der Waals surface area contributed by atoms with Crippen LogP contribution < -0.4 is 8.92 Å². The first-order chi connectivity index (χ1) is 16.7. The predicted octanol–water partition coefficient (Wildman–Crippen LogP) is 5.49. The van der Waals surface area contributed by atoms with Crippen molar-refractivity contribution in [3.63, 3.8) is 0 Å². The van der Waals surface area contributed by atoms with Crippen LogP contribution >= 0.6 is 23.4 Å². The molecule has 0 unspecified atom stereocenters. The van der Waals surface area contributed by atoms with E-state index in [1.807, 2.05) is 0 Å². The molecular weight excluding hydrogens is 517 g/mol. The number of imide groups is 1. The summed E-state index contributed by atoms with van der Waals surface area (Å²) in [5.41, 5.74) is 0.383. The Labute approximate surface area is 210 Å². The van der Waals surface area contributed by atoms with Crippen molar-refractivity contribution < 1.29 is 31.3 Å². The van der Waals surface area contributed by atoms with Gasteiger partial charge in [-0.2, -0.15) is 8.42 Å². The molecule has 2 amide bonds. The topological polar surface area (TPSA) is 90.0 Å². The lowest BCUT2D eigenvalue weighted by atomic mass is 10.1. The summed E-state index contributed by atoms with van der Waals surface area (Å²) in [5.74, 6) is -1.24. The number of halogens is 2. The van der Waals surface area contributed by atoms with Gasteiger partial charge in [0.05, 0.1) is 18.6 Å². The van der Waals surface area contributed by atoms with E-state index in [1.54, 1.807) is 12.1 Å². The number of benzene rings is 3. The molecule has 3 aromatic rings. The lowest BCUT2D eigenvalue weighted by Gasteiger charge is -2.14. The Morgan fingerprint density at radius 1 is 1.03 bits per heavy atom. The van der Waals surface area contributed by atoms with E-state index < -0.39 is 27.1 Å². The average Bonchev–Trinajstić information content (AvgIpc) is 3.09. The zero-order valence-electron chi connectivity index (χ0n) is 18.1. The van der Waals surface area contributed by atoms with Gasteiger partial charge in [0.15, 0.2) is 11.5 Å². The molecule has 0 aromatic heterocycles. The SMILES string of the molecule is COc1cccc(/C=C2\SC(=O)N(Cc3ccccc3F)C2=O)c1OS(=O)(=O)c1ccc(Cl)cc1. The summed E-state index contributed by atoms with van der Waals surface area (Å²) in [4.78, 5) is 26.2. The second-order valence-corrected chi connectivity index (χ2v) is 10.2. The van der Waals surface area contributed by atoms with Crippen LogP contribution in [-0.4, -0.2) is 31.6 Å². The van der Waals surface area contributed by atoms with Crippen LogP contribution in [0.5, 0.6) is 11.5 Å². The molecule has 11 heteroatoms. The zero-order chi connectivity index (χ0) is 25.2. The molecule has 0 atom stereocenters. The highest BCUT2D eigenvalue weighted by Crippen LogP contribution is 2.39. The van der Waals surface area contributed by atoms with Crippen molar-refractivity contribution in [2.24, 2.45) is 0 Å². The maximum Gasteiger partial charge on any atom is 0.339 e. The fourth-order valence-corrected chi connectivity index (χ4v) is 5.15. The van der Waals surface area contributed by atoms with E-state index >= 15 is 0 Å². The fraction of sp³-hybridized carbons (Fsp3) is 0.0833. The molecule has 0 spiro atoms. The van der Waals surface area contributed by atoms with E-state index in [2.05, 4.69) is 0 Å². The number of hydrogen-bond donors (Lipinski definition) is 0. The molecule has 1 aliphatic heterocycles. The summed E-state index contributed by atoms with van der Waals surface area (Å²) >= 11 is 6.49. The van der Waals surface area contributed by atoms with Crippen LogP contribution in [0.2, 0.25) is 5.02 Å². The van der Waals surface area contributed by atoms with Crippen molar-refractivity contribution in [2.45, 2.75) is 11.4 Å². The summed E-state index contributed by atoms with van der Waals surface area (Å²) in [6.07, 6.45) is 1.33. The smallest absolute Gasteiger partial charge is 0.339 e. The molecule has 0 bridgehead atoms. The second kappa shape index (κ2) is 10.1. The average molecular weight is 534 g/mol. The standard InChI is InChI=1S/C24H17ClFNO6S2/c1-32-20-8-4-6-15(22(20)33-35(30,31)18-11-9-17(25)10-12-18)13-21-23(28)27(24(29)34-21)14-16-5-2-3-7-19(16)26/h2-13H,14H2,1H3/b21-13-. The molecule has 0 saturated carbocycles.